The second kappa shape index (κ2) is 6.27. The highest BCUT2D eigenvalue weighted by Crippen LogP contribution is 2.29. The SMILES string of the molecule is O=C(NCc1cccc(C(F)(F)F)c1)c1cnc2ncccc2c1. The van der Waals surface area contributed by atoms with Crippen LogP contribution < -0.4 is 5.32 Å². The third kappa shape index (κ3) is 3.51. The Morgan fingerprint density at radius 1 is 1.08 bits per heavy atom. The first-order valence-electron chi connectivity index (χ1n) is 7.08. The molecule has 1 amide bonds. The Hall–Kier alpha value is -2.96. The molecule has 0 atom stereocenters. The van der Waals surface area contributed by atoms with E-state index in [4.69, 9.17) is 0 Å². The molecule has 7 heteroatoms. The number of nitrogens with one attached hydrogen (secondary N) is 1. The molecule has 2 heterocycles. The van der Waals surface area contributed by atoms with Crippen molar-refractivity contribution in [1.82, 2.24) is 15.3 Å². The number of nitrogens with zero attached hydrogens (tertiary/aromatic N) is 2. The Balaban J connectivity index is 1.73. The summed E-state index contributed by atoms with van der Waals surface area (Å²) in [5.74, 6) is -0.411. The van der Waals surface area contributed by atoms with Crippen molar-refractivity contribution in [3.8, 4) is 0 Å². The molecule has 122 valence electrons. The second-order valence-electron chi connectivity index (χ2n) is 5.15. The van der Waals surface area contributed by atoms with E-state index in [9.17, 15) is 18.0 Å². The van der Waals surface area contributed by atoms with Gasteiger partial charge in [-0.2, -0.15) is 13.2 Å². The zero-order valence-corrected chi connectivity index (χ0v) is 12.3. The minimum absolute atomic E-state index is 0.00612. The predicted octanol–water partition coefficient (Wildman–Crippen LogP) is 3.58. The van der Waals surface area contributed by atoms with Gasteiger partial charge in [0.05, 0.1) is 11.1 Å². The summed E-state index contributed by atoms with van der Waals surface area (Å²) in [4.78, 5) is 20.3. The first-order valence-corrected chi connectivity index (χ1v) is 7.08. The molecule has 0 radical (unpaired) electrons. The maximum atomic E-state index is 12.7. The lowest BCUT2D eigenvalue weighted by Gasteiger charge is -2.10. The van der Waals surface area contributed by atoms with Gasteiger partial charge in [0.15, 0.2) is 5.65 Å². The van der Waals surface area contributed by atoms with Gasteiger partial charge < -0.3 is 5.32 Å². The molecule has 0 spiro atoms. The molecule has 24 heavy (non-hydrogen) atoms. The summed E-state index contributed by atoms with van der Waals surface area (Å²) in [5, 5.41) is 3.30. The van der Waals surface area contributed by atoms with Crippen LogP contribution in [0, 0.1) is 0 Å². The van der Waals surface area contributed by atoms with Gasteiger partial charge in [0.2, 0.25) is 0 Å². The Morgan fingerprint density at radius 3 is 2.71 bits per heavy atom. The van der Waals surface area contributed by atoms with Crippen molar-refractivity contribution >= 4 is 16.9 Å². The van der Waals surface area contributed by atoms with Crippen LogP contribution in [0.5, 0.6) is 0 Å². The number of amides is 1. The van der Waals surface area contributed by atoms with Gasteiger partial charge in [0.25, 0.3) is 5.91 Å². The van der Waals surface area contributed by atoms with E-state index >= 15 is 0 Å². The molecule has 3 rings (SSSR count). The van der Waals surface area contributed by atoms with Crippen molar-refractivity contribution < 1.29 is 18.0 Å². The van der Waals surface area contributed by atoms with Crippen LogP contribution >= 0.6 is 0 Å². The highest BCUT2D eigenvalue weighted by molar-refractivity contribution is 5.96. The van der Waals surface area contributed by atoms with Gasteiger partial charge in [-0.15, -0.1) is 0 Å². The number of pyridine rings is 2. The second-order valence-corrected chi connectivity index (χ2v) is 5.15. The van der Waals surface area contributed by atoms with E-state index in [1.165, 1.54) is 18.3 Å². The topological polar surface area (TPSA) is 54.9 Å². The van der Waals surface area contributed by atoms with Gasteiger partial charge >= 0.3 is 6.18 Å². The highest BCUT2D eigenvalue weighted by atomic mass is 19.4. The first-order chi connectivity index (χ1) is 11.4. The lowest BCUT2D eigenvalue weighted by molar-refractivity contribution is -0.137. The maximum absolute atomic E-state index is 12.7. The third-order valence-corrected chi connectivity index (χ3v) is 3.42. The van der Waals surface area contributed by atoms with Gasteiger partial charge in [0, 0.05) is 24.3 Å². The molecule has 4 nitrogen and oxygen atoms in total. The summed E-state index contributed by atoms with van der Waals surface area (Å²) in [6, 6.07) is 9.99. The monoisotopic (exact) mass is 331 g/mol. The van der Waals surface area contributed by atoms with E-state index in [2.05, 4.69) is 15.3 Å². The van der Waals surface area contributed by atoms with Gasteiger partial charge in [-0.05, 0) is 35.9 Å². The van der Waals surface area contributed by atoms with Gasteiger partial charge in [-0.3, -0.25) is 4.79 Å². The number of carbonyl (C=O) groups is 1. The van der Waals surface area contributed by atoms with Crippen LogP contribution in [0.15, 0.2) is 54.9 Å². The van der Waals surface area contributed by atoms with Crippen LogP contribution in [0.4, 0.5) is 13.2 Å². The molecule has 0 aliphatic carbocycles. The molecule has 0 fully saturated rings. The van der Waals surface area contributed by atoms with Crippen LogP contribution in [0.1, 0.15) is 21.5 Å². The Morgan fingerprint density at radius 2 is 1.92 bits per heavy atom. The lowest BCUT2D eigenvalue weighted by Crippen LogP contribution is -2.23. The zero-order chi connectivity index (χ0) is 17.2. The van der Waals surface area contributed by atoms with Crippen LogP contribution in [0.2, 0.25) is 0 Å². The number of fused-ring (bicyclic) bond motifs is 1. The van der Waals surface area contributed by atoms with E-state index in [0.717, 1.165) is 12.1 Å². The molecule has 0 aliphatic heterocycles. The van der Waals surface area contributed by atoms with E-state index in [-0.39, 0.29) is 6.54 Å². The standard InChI is InChI=1S/C17H12F3N3O/c18-17(19,20)14-5-1-3-11(7-14)9-23-16(24)13-8-12-4-2-6-21-15(12)22-10-13/h1-8,10H,9H2,(H,23,24). The number of aromatic nitrogens is 2. The van der Waals surface area contributed by atoms with Gasteiger partial charge in [0.1, 0.15) is 0 Å². The summed E-state index contributed by atoms with van der Waals surface area (Å²) in [6.45, 7) is -0.00612. The van der Waals surface area contributed by atoms with E-state index < -0.39 is 17.6 Å². The van der Waals surface area contributed by atoms with Crippen molar-refractivity contribution in [3.05, 3.63) is 71.5 Å². The zero-order valence-electron chi connectivity index (χ0n) is 12.3. The molecule has 1 aromatic carbocycles. The minimum Gasteiger partial charge on any atom is -0.348 e. The van der Waals surface area contributed by atoms with Gasteiger partial charge in [-0.25, -0.2) is 9.97 Å². The molecular formula is C17H12F3N3O. The van der Waals surface area contributed by atoms with Gasteiger partial charge in [-0.1, -0.05) is 12.1 Å². The smallest absolute Gasteiger partial charge is 0.348 e. The fourth-order valence-corrected chi connectivity index (χ4v) is 2.23. The number of hydrogen-bond acceptors (Lipinski definition) is 3. The Labute approximate surface area is 135 Å². The van der Waals surface area contributed by atoms with Crippen molar-refractivity contribution in [2.45, 2.75) is 12.7 Å². The van der Waals surface area contributed by atoms with Crippen LogP contribution in [0.25, 0.3) is 11.0 Å². The summed E-state index contributed by atoms with van der Waals surface area (Å²) in [7, 11) is 0. The molecule has 0 saturated carbocycles. The average molecular weight is 331 g/mol. The highest BCUT2D eigenvalue weighted by Gasteiger charge is 2.30. The summed E-state index contributed by atoms with van der Waals surface area (Å²) in [6.07, 6.45) is -1.42. The molecule has 3 aromatic rings. The van der Waals surface area contributed by atoms with Crippen LogP contribution in [-0.4, -0.2) is 15.9 Å². The Bertz CT molecular complexity index is 893. The number of hydrogen-bond donors (Lipinski definition) is 1. The number of benzene rings is 1. The number of alkyl halides is 3. The Kier molecular flexibility index (Phi) is 4.16. The molecule has 2 aromatic heterocycles. The molecule has 0 saturated heterocycles. The average Bonchev–Trinajstić information content (AvgIpc) is 2.59. The van der Waals surface area contributed by atoms with Crippen molar-refractivity contribution in [2.24, 2.45) is 0 Å². The number of halogens is 3. The molecule has 0 unspecified atom stereocenters. The number of rotatable bonds is 3. The summed E-state index contributed by atoms with van der Waals surface area (Å²) >= 11 is 0. The summed E-state index contributed by atoms with van der Waals surface area (Å²) < 4.78 is 38.0. The van der Waals surface area contributed by atoms with Crippen molar-refractivity contribution in [1.29, 1.82) is 0 Å². The quantitative estimate of drug-likeness (QED) is 0.798. The minimum atomic E-state index is -4.41. The molecule has 1 N–H and O–H groups in total. The van der Waals surface area contributed by atoms with Crippen LogP contribution in [0.3, 0.4) is 0 Å². The maximum Gasteiger partial charge on any atom is 0.416 e. The van der Waals surface area contributed by atoms with Crippen molar-refractivity contribution in [3.63, 3.8) is 0 Å². The van der Waals surface area contributed by atoms with Crippen molar-refractivity contribution in [2.75, 3.05) is 0 Å². The van der Waals surface area contributed by atoms with E-state index in [1.807, 2.05) is 0 Å². The molecule has 0 aliphatic rings. The lowest BCUT2D eigenvalue weighted by atomic mass is 10.1. The van der Waals surface area contributed by atoms with E-state index in [1.54, 1.807) is 24.4 Å². The predicted molar refractivity (Wildman–Crippen MR) is 82.2 cm³/mol. The molecular weight excluding hydrogens is 319 g/mol. The third-order valence-electron chi connectivity index (χ3n) is 3.42. The largest absolute Gasteiger partial charge is 0.416 e. The van der Waals surface area contributed by atoms with E-state index in [0.29, 0.717) is 22.2 Å². The van der Waals surface area contributed by atoms with Crippen LogP contribution in [-0.2, 0) is 12.7 Å². The fourth-order valence-electron chi connectivity index (χ4n) is 2.23. The number of carbonyl (C=O) groups excluding carboxylic acids is 1. The first kappa shape index (κ1) is 15.9. The normalized spacial score (nSPS) is 11.5. The summed E-state index contributed by atoms with van der Waals surface area (Å²) in [5.41, 5.74) is 0.468. The molecule has 0 bridgehead atoms. The fraction of sp³-hybridized carbons (Fsp3) is 0.118.